The molecule has 0 N–H and O–H groups in total. The molecule has 6 heteroatoms. The van der Waals surface area contributed by atoms with Gasteiger partial charge in [0.15, 0.2) is 0 Å². The van der Waals surface area contributed by atoms with Crippen LogP contribution in [0.4, 0.5) is 11.7 Å². The van der Waals surface area contributed by atoms with E-state index in [1.165, 1.54) is 11.3 Å². The number of halogens is 1. The Labute approximate surface area is 135 Å². The van der Waals surface area contributed by atoms with Crippen molar-refractivity contribution in [3.8, 4) is 0 Å². The van der Waals surface area contributed by atoms with E-state index in [-0.39, 0.29) is 0 Å². The van der Waals surface area contributed by atoms with Gasteiger partial charge in [0, 0.05) is 43.3 Å². The molecule has 0 saturated carbocycles. The fraction of sp³-hybridized carbons (Fsp3) is 0.500. The molecule has 0 atom stereocenters. The van der Waals surface area contributed by atoms with Gasteiger partial charge in [-0.15, -0.1) is 5.10 Å². The van der Waals surface area contributed by atoms with Gasteiger partial charge in [-0.25, -0.2) is 0 Å². The Kier molecular flexibility index (Phi) is 4.52. The van der Waals surface area contributed by atoms with Gasteiger partial charge in [-0.3, -0.25) is 0 Å². The van der Waals surface area contributed by atoms with Gasteiger partial charge >= 0.3 is 6.01 Å². The van der Waals surface area contributed by atoms with Crippen molar-refractivity contribution in [2.24, 2.45) is 0 Å². The summed E-state index contributed by atoms with van der Waals surface area (Å²) in [5.74, 6) is 0.727. The molecular formula is C16H21ClN4O. The van der Waals surface area contributed by atoms with Crippen molar-refractivity contribution in [1.82, 2.24) is 10.2 Å². The summed E-state index contributed by atoms with van der Waals surface area (Å²) >= 11 is 6.12. The van der Waals surface area contributed by atoms with Gasteiger partial charge < -0.3 is 14.2 Å². The number of rotatable bonds is 4. The molecule has 0 unspecified atom stereocenters. The van der Waals surface area contributed by atoms with Crippen LogP contribution < -0.4 is 9.80 Å². The normalized spacial score (nSPS) is 15.4. The Hall–Kier alpha value is -1.75. The third-order valence-corrected chi connectivity index (χ3v) is 4.22. The fourth-order valence-electron chi connectivity index (χ4n) is 2.75. The molecule has 1 aromatic heterocycles. The van der Waals surface area contributed by atoms with Crippen molar-refractivity contribution in [3.05, 3.63) is 34.7 Å². The standard InChI is InChI=1S/C16H21ClN4O/c1-3-4-15-18-19-16(22-15)21-9-7-20(8-10-21)14-11-13(17)6-5-12(14)2/h5-6,11H,3-4,7-10H2,1-2H3. The average Bonchev–Trinajstić information content (AvgIpc) is 2.99. The molecule has 2 heterocycles. The Morgan fingerprint density at radius 2 is 1.86 bits per heavy atom. The highest BCUT2D eigenvalue weighted by Gasteiger charge is 2.22. The third kappa shape index (κ3) is 3.19. The lowest BCUT2D eigenvalue weighted by Crippen LogP contribution is -2.46. The maximum Gasteiger partial charge on any atom is 0.318 e. The molecule has 2 aromatic rings. The van der Waals surface area contributed by atoms with Gasteiger partial charge in [0.05, 0.1) is 0 Å². The lowest BCUT2D eigenvalue weighted by atomic mass is 10.1. The van der Waals surface area contributed by atoms with E-state index in [9.17, 15) is 0 Å². The minimum atomic E-state index is 0.644. The second-order valence-corrected chi connectivity index (χ2v) is 6.07. The summed E-state index contributed by atoms with van der Waals surface area (Å²) in [6.07, 6.45) is 1.86. The molecule has 118 valence electrons. The fourth-order valence-corrected chi connectivity index (χ4v) is 2.92. The van der Waals surface area contributed by atoms with Crippen LogP contribution in [0.5, 0.6) is 0 Å². The first-order chi connectivity index (χ1) is 10.7. The lowest BCUT2D eigenvalue weighted by molar-refractivity contribution is 0.472. The molecule has 0 spiro atoms. The minimum absolute atomic E-state index is 0.644. The predicted octanol–water partition coefficient (Wildman–Crippen LogP) is 3.31. The summed E-state index contributed by atoms with van der Waals surface area (Å²) in [6, 6.07) is 6.69. The molecule has 5 nitrogen and oxygen atoms in total. The molecule has 1 aromatic carbocycles. The topological polar surface area (TPSA) is 45.4 Å². The number of nitrogens with zero attached hydrogens (tertiary/aromatic N) is 4. The SMILES string of the molecule is CCCc1nnc(N2CCN(c3cc(Cl)ccc3C)CC2)o1. The number of benzene rings is 1. The highest BCUT2D eigenvalue weighted by atomic mass is 35.5. The first-order valence-corrected chi connectivity index (χ1v) is 8.13. The lowest BCUT2D eigenvalue weighted by Gasteiger charge is -2.35. The van der Waals surface area contributed by atoms with E-state index < -0.39 is 0 Å². The van der Waals surface area contributed by atoms with Crippen molar-refractivity contribution < 1.29 is 4.42 Å². The second kappa shape index (κ2) is 6.57. The Bertz CT molecular complexity index is 635. The molecule has 1 fully saturated rings. The van der Waals surface area contributed by atoms with Crippen LogP contribution in [0, 0.1) is 6.92 Å². The Morgan fingerprint density at radius 3 is 2.59 bits per heavy atom. The van der Waals surface area contributed by atoms with Gasteiger partial charge in [0.1, 0.15) is 0 Å². The van der Waals surface area contributed by atoms with Crippen LogP contribution in [-0.4, -0.2) is 36.4 Å². The van der Waals surface area contributed by atoms with Crippen LogP contribution in [0.15, 0.2) is 22.6 Å². The summed E-state index contributed by atoms with van der Waals surface area (Å²) in [5.41, 5.74) is 2.46. The molecule has 0 aliphatic carbocycles. The van der Waals surface area contributed by atoms with E-state index in [4.69, 9.17) is 16.0 Å². The molecule has 0 radical (unpaired) electrons. The molecule has 0 bridgehead atoms. The smallest absolute Gasteiger partial charge is 0.318 e. The monoisotopic (exact) mass is 320 g/mol. The quantitative estimate of drug-likeness (QED) is 0.865. The largest absolute Gasteiger partial charge is 0.408 e. The van der Waals surface area contributed by atoms with E-state index in [0.717, 1.165) is 49.9 Å². The Morgan fingerprint density at radius 1 is 1.14 bits per heavy atom. The number of hydrogen-bond donors (Lipinski definition) is 0. The second-order valence-electron chi connectivity index (χ2n) is 5.63. The average molecular weight is 321 g/mol. The van der Waals surface area contributed by atoms with Crippen molar-refractivity contribution >= 4 is 23.3 Å². The summed E-state index contributed by atoms with van der Waals surface area (Å²) < 4.78 is 5.71. The van der Waals surface area contributed by atoms with Crippen LogP contribution in [0.25, 0.3) is 0 Å². The van der Waals surface area contributed by atoms with E-state index in [2.05, 4.69) is 39.9 Å². The molecule has 22 heavy (non-hydrogen) atoms. The summed E-state index contributed by atoms with van der Waals surface area (Å²) in [5, 5.41) is 9.03. The van der Waals surface area contributed by atoms with E-state index in [1.54, 1.807) is 0 Å². The number of hydrogen-bond acceptors (Lipinski definition) is 5. The van der Waals surface area contributed by atoms with Gasteiger partial charge in [-0.1, -0.05) is 29.7 Å². The maximum atomic E-state index is 6.12. The van der Waals surface area contributed by atoms with Crippen LogP contribution in [-0.2, 0) is 6.42 Å². The maximum absolute atomic E-state index is 6.12. The zero-order valence-electron chi connectivity index (χ0n) is 13.0. The first-order valence-electron chi connectivity index (χ1n) is 7.76. The van der Waals surface area contributed by atoms with E-state index in [0.29, 0.717) is 6.01 Å². The van der Waals surface area contributed by atoms with E-state index in [1.807, 2.05) is 12.1 Å². The van der Waals surface area contributed by atoms with Crippen LogP contribution in [0.2, 0.25) is 5.02 Å². The van der Waals surface area contributed by atoms with Crippen molar-refractivity contribution in [2.75, 3.05) is 36.0 Å². The number of piperazine rings is 1. The zero-order valence-corrected chi connectivity index (χ0v) is 13.8. The highest BCUT2D eigenvalue weighted by molar-refractivity contribution is 6.30. The Balaban J connectivity index is 1.65. The van der Waals surface area contributed by atoms with E-state index >= 15 is 0 Å². The summed E-state index contributed by atoms with van der Waals surface area (Å²) in [4.78, 5) is 4.52. The highest BCUT2D eigenvalue weighted by Crippen LogP contribution is 2.26. The molecule has 1 aliphatic rings. The number of aryl methyl sites for hydroxylation is 2. The van der Waals surface area contributed by atoms with Gasteiger partial charge in [-0.05, 0) is 31.0 Å². The molecule has 3 rings (SSSR count). The van der Waals surface area contributed by atoms with Crippen molar-refractivity contribution in [2.45, 2.75) is 26.7 Å². The van der Waals surface area contributed by atoms with Crippen LogP contribution >= 0.6 is 11.6 Å². The van der Waals surface area contributed by atoms with Gasteiger partial charge in [0.25, 0.3) is 0 Å². The zero-order chi connectivity index (χ0) is 15.5. The molecule has 1 aliphatic heterocycles. The molecule has 0 amide bonds. The van der Waals surface area contributed by atoms with Gasteiger partial charge in [-0.2, -0.15) is 0 Å². The minimum Gasteiger partial charge on any atom is -0.408 e. The number of aromatic nitrogens is 2. The molecule has 1 saturated heterocycles. The third-order valence-electron chi connectivity index (χ3n) is 3.98. The van der Waals surface area contributed by atoms with Gasteiger partial charge in [0.2, 0.25) is 5.89 Å². The predicted molar refractivity (Wildman–Crippen MR) is 88.9 cm³/mol. The first kappa shape index (κ1) is 15.2. The molecular weight excluding hydrogens is 300 g/mol. The van der Waals surface area contributed by atoms with Crippen molar-refractivity contribution in [1.29, 1.82) is 0 Å². The summed E-state index contributed by atoms with van der Waals surface area (Å²) in [6.45, 7) is 7.82. The van der Waals surface area contributed by atoms with Crippen molar-refractivity contribution in [3.63, 3.8) is 0 Å². The number of anilines is 2. The summed E-state index contributed by atoms with van der Waals surface area (Å²) in [7, 11) is 0. The van der Waals surface area contributed by atoms with Crippen LogP contribution in [0.1, 0.15) is 24.8 Å². The van der Waals surface area contributed by atoms with Crippen LogP contribution in [0.3, 0.4) is 0 Å².